The molecule has 0 aliphatic heterocycles. The van der Waals surface area contributed by atoms with Gasteiger partial charge in [-0.25, -0.2) is 9.59 Å². The van der Waals surface area contributed by atoms with Crippen LogP contribution in [-0.2, 0) is 0 Å². The average molecular weight is 399 g/mol. The predicted octanol–water partition coefficient (Wildman–Crippen LogP) is 3.57. The minimum absolute atomic E-state index is 0.0558. The van der Waals surface area contributed by atoms with E-state index in [1.807, 2.05) is 0 Å². The van der Waals surface area contributed by atoms with Gasteiger partial charge in [0.1, 0.15) is 0 Å². The molecule has 0 unspecified atom stereocenters. The Labute approximate surface area is 160 Å². The van der Waals surface area contributed by atoms with E-state index < -0.39 is 12.2 Å². The molecular weight excluding hydrogens is 383 g/mol. The topological polar surface area (TPSA) is 84.9 Å². The zero-order valence-electron chi connectivity index (χ0n) is 14.5. The number of amides is 2. The molecular formula is C16H16Cl2N4O4. The van der Waals surface area contributed by atoms with Crippen molar-refractivity contribution in [1.29, 1.82) is 0 Å². The summed E-state index contributed by atoms with van der Waals surface area (Å²) in [6.07, 6.45) is -1.17. The van der Waals surface area contributed by atoms with Crippen LogP contribution in [0.3, 0.4) is 0 Å². The Kier molecular flexibility index (Phi) is 6.23. The lowest BCUT2D eigenvalue weighted by atomic mass is 10.1. The molecule has 0 saturated heterocycles. The van der Waals surface area contributed by atoms with E-state index in [1.54, 1.807) is 46.4 Å². The van der Waals surface area contributed by atoms with Gasteiger partial charge < -0.3 is 19.3 Å². The van der Waals surface area contributed by atoms with Crippen LogP contribution in [0.1, 0.15) is 0 Å². The summed E-state index contributed by atoms with van der Waals surface area (Å²) < 4.78 is 10.1. The van der Waals surface area contributed by atoms with Crippen molar-refractivity contribution in [2.75, 3.05) is 28.2 Å². The van der Waals surface area contributed by atoms with Gasteiger partial charge in [-0.2, -0.15) is 0 Å². The van der Waals surface area contributed by atoms with Gasteiger partial charge in [0.05, 0.1) is 15.7 Å². The third-order valence-electron chi connectivity index (χ3n) is 3.05. The number of hydrogen-bond acceptors (Lipinski definition) is 6. The fraction of sp³-hybridized carbons (Fsp3) is 0.250. The van der Waals surface area contributed by atoms with Gasteiger partial charge in [-0.1, -0.05) is 23.2 Å². The molecule has 0 atom stereocenters. The monoisotopic (exact) mass is 398 g/mol. The maximum atomic E-state index is 11.7. The van der Waals surface area contributed by atoms with E-state index in [4.69, 9.17) is 32.7 Å². The molecule has 10 heteroatoms. The molecule has 2 rings (SSSR count). The Bertz CT molecular complexity index is 802. The molecule has 0 aliphatic carbocycles. The fourth-order valence-electron chi connectivity index (χ4n) is 1.69. The van der Waals surface area contributed by atoms with E-state index in [2.05, 4.69) is 10.2 Å². The maximum Gasteiger partial charge on any atom is 0.416 e. The Morgan fingerprint density at radius 1 is 0.885 bits per heavy atom. The smallest absolute Gasteiger partial charge is 0.407 e. The van der Waals surface area contributed by atoms with Crippen LogP contribution < -0.4 is 9.47 Å². The molecule has 1 aromatic carbocycles. The van der Waals surface area contributed by atoms with Crippen LogP contribution >= 0.6 is 23.2 Å². The lowest BCUT2D eigenvalue weighted by molar-refractivity contribution is 0.169. The molecule has 0 saturated carbocycles. The summed E-state index contributed by atoms with van der Waals surface area (Å²) in [5.74, 6) is 0.112. The predicted molar refractivity (Wildman–Crippen MR) is 96.9 cm³/mol. The molecule has 0 aliphatic rings. The molecule has 2 aromatic rings. The second kappa shape index (κ2) is 8.20. The molecule has 138 valence electrons. The minimum atomic E-state index is -0.603. The van der Waals surface area contributed by atoms with Gasteiger partial charge in [0.25, 0.3) is 0 Å². The van der Waals surface area contributed by atoms with Gasteiger partial charge in [-0.15, -0.1) is 10.2 Å². The van der Waals surface area contributed by atoms with Crippen LogP contribution in [-0.4, -0.2) is 60.4 Å². The Morgan fingerprint density at radius 3 is 1.88 bits per heavy atom. The maximum absolute atomic E-state index is 11.7. The largest absolute Gasteiger partial charge is 0.416 e. The second-order valence-corrected chi connectivity index (χ2v) is 6.37. The minimum Gasteiger partial charge on any atom is -0.407 e. The van der Waals surface area contributed by atoms with E-state index in [0.717, 1.165) is 0 Å². The molecule has 0 bridgehead atoms. The van der Waals surface area contributed by atoms with Crippen molar-refractivity contribution in [2.24, 2.45) is 0 Å². The van der Waals surface area contributed by atoms with Crippen molar-refractivity contribution >= 4 is 35.4 Å². The summed E-state index contributed by atoms with van der Waals surface area (Å²) in [6.45, 7) is 0. The number of nitrogens with zero attached hydrogens (tertiary/aromatic N) is 4. The number of hydrogen-bond donors (Lipinski definition) is 0. The zero-order valence-corrected chi connectivity index (χ0v) is 16.0. The number of ether oxygens (including phenoxy) is 2. The van der Waals surface area contributed by atoms with Crippen LogP contribution in [0.25, 0.3) is 11.3 Å². The van der Waals surface area contributed by atoms with Gasteiger partial charge in [0, 0.05) is 39.8 Å². The highest BCUT2D eigenvalue weighted by atomic mass is 35.5. The van der Waals surface area contributed by atoms with Crippen molar-refractivity contribution in [1.82, 2.24) is 20.0 Å². The quantitative estimate of drug-likeness (QED) is 0.785. The summed E-state index contributed by atoms with van der Waals surface area (Å²) in [5.41, 5.74) is 1.01. The highest BCUT2D eigenvalue weighted by molar-refractivity contribution is 6.37. The van der Waals surface area contributed by atoms with E-state index >= 15 is 0 Å². The number of carbonyl (C=O) groups is 2. The molecule has 0 fully saturated rings. The summed E-state index contributed by atoms with van der Waals surface area (Å²) >= 11 is 12.3. The Balaban J connectivity index is 2.24. The molecule has 26 heavy (non-hydrogen) atoms. The van der Waals surface area contributed by atoms with Crippen molar-refractivity contribution in [3.63, 3.8) is 0 Å². The van der Waals surface area contributed by atoms with Gasteiger partial charge in [0.2, 0.25) is 5.88 Å². The van der Waals surface area contributed by atoms with Gasteiger partial charge >= 0.3 is 12.2 Å². The second-order valence-electron chi connectivity index (χ2n) is 5.55. The van der Waals surface area contributed by atoms with Crippen molar-refractivity contribution in [2.45, 2.75) is 0 Å². The van der Waals surface area contributed by atoms with Crippen molar-refractivity contribution < 1.29 is 19.1 Å². The Hall–Kier alpha value is -2.58. The SMILES string of the molecule is CN(C)C(=O)Oc1ccc(-c2cc(Cl)c(OC(=O)N(C)C)c(Cl)c2)nn1. The molecule has 8 nitrogen and oxygen atoms in total. The van der Waals surface area contributed by atoms with Crippen LogP contribution in [0.2, 0.25) is 10.0 Å². The molecule has 2 amide bonds. The van der Waals surface area contributed by atoms with E-state index in [0.29, 0.717) is 11.3 Å². The lowest BCUT2D eigenvalue weighted by Crippen LogP contribution is -2.25. The number of rotatable bonds is 3. The first-order valence-corrected chi connectivity index (χ1v) is 8.06. The third-order valence-corrected chi connectivity index (χ3v) is 3.61. The molecule has 1 heterocycles. The van der Waals surface area contributed by atoms with E-state index in [1.165, 1.54) is 15.9 Å². The van der Waals surface area contributed by atoms with E-state index in [-0.39, 0.29) is 21.7 Å². The van der Waals surface area contributed by atoms with Gasteiger partial charge in [-0.05, 0) is 18.2 Å². The van der Waals surface area contributed by atoms with Gasteiger partial charge in [-0.3, -0.25) is 0 Å². The molecule has 0 spiro atoms. The normalized spacial score (nSPS) is 10.2. The highest BCUT2D eigenvalue weighted by Crippen LogP contribution is 2.37. The van der Waals surface area contributed by atoms with E-state index in [9.17, 15) is 9.59 Å². The van der Waals surface area contributed by atoms with Crippen molar-refractivity contribution in [3.8, 4) is 22.9 Å². The highest BCUT2D eigenvalue weighted by Gasteiger charge is 2.17. The molecule has 0 radical (unpaired) electrons. The lowest BCUT2D eigenvalue weighted by Gasteiger charge is -2.14. The number of halogens is 2. The summed E-state index contributed by atoms with van der Waals surface area (Å²) in [7, 11) is 6.19. The summed E-state index contributed by atoms with van der Waals surface area (Å²) in [4.78, 5) is 25.7. The number of aromatic nitrogens is 2. The first-order valence-electron chi connectivity index (χ1n) is 7.30. The van der Waals surface area contributed by atoms with Crippen LogP contribution in [0.4, 0.5) is 9.59 Å². The van der Waals surface area contributed by atoms with Crippen LogP contribution in [0, 0.1) is 0 Å². The molecule has 1 aromatic heterocycles. The van der Waals surface area contributed by atoms with Crippen LogP contribution in [0.15, 0.2) is 24.3 Å². The summed E-state index contributed by atoms with van der Waals surface area (Å²) in [6, 6.07) is 6.17. The van der Waals surface area contributed by atoms with Crippen LogP contribution in [0.5, 0.6) is 11.6 Å². The average Bonchev–Trinajstić information content (AvgIpc) is 2.58. The number of carbonyl (C=O) groups excluding carboxylic acids is 2. The summed E-state index contributed by atoms with van der Waals surface area (Å²) in [5, 5.41) is 8.11. The molecule has 0 N–H and O–H groups in total. The zero-order chi connectivity index (χ0) is 19.4. The van der Waals surface area contributed by atoms with Crippen molar-refractivity contribution in [3.05, 3.63) is 34.3 Å². The first-order chi connectivity index (χ1) is 12.2. The third kappa shape index (κ3) is 4.74. The standard InChI is InChI=1S/C16H16Cl2N4O4/c1-21(2)15(23)25-13-6-5-12(19-20-13)9-7-10(17)14(11(18)8-9)26-16(24)22(3)4/h5-8H,1-4H3. The first kappa shape index (κ1) is 19.7. The Morgan fingerprint density at radius 2 is 1.42 bits per heavy atom. The fourth-order valence-corrected chi connectivity index (χ4v) is 2.26. The van der Waals surface area contributed by atoms with Gasteiger partial charge in [0.15, 0.2) is 5.75 Å². The number of benzene rings is 1.